The van der Waals surface area contributed by atoms with Gasteiger partial charge in [-0.25, -0.2) is 0 Å². The summed E-state index contributed by atoms with van der Waals surface area (Å²) in [7, 11) is 1.61. The van der Waals surface area contributed by atoms with E-state index in [2.05, 4.69) is 36.5 Å². The molecule has 0 unspecified atom stereocenters. The lowest BCUT2D eigenvalue weighted by Crippen LogP contribution is -2.33. The van der Waals surface area contributed by atoms with Gasteiger partial charge in [0.25, 0.3) is 0 Å². The van der Waals surface area contributed by atoms with Crippen molar-refractivity contribution in [3.05, 3.63) is 35.4 Å². The van der Waals surface area contributed by atoms with Crippen LogP contribution in [0.3, 0.4) is 0 Å². The first-order valence-corrected chi connectivity index (χ1v) is 6.46. The summed E-state index contributed by atoms with van der Waals surface area (Å²) in [5.41, 5.74) is 2.67. The molecule has 0 spiro atoms. The van der Waals surface area contributed by atoms with Crippen molar-refractivity contribution < 1.29 is 9.53 Å². The Bertz CT molecular complexity index is 377. The van der Waals surface area contributed by atoms with Gasteiger partial charge in [-0.05, 0) is 37.8 Å². The van der Waals surface area contributed by atoms with Crippen LogP contribution in [0.25, 0.3) is 0 Å². The van der Waals surface area contributed by atoms with Crippen LogP contribution in [0.4, 0.5) is 0 Å². The fourth-order valence-electron chi connectivity index (χ4n) is 1.88. The summed E-state index contributed by atoms with van der Waals surface area (Å²) in [6, 6.07) is 8.58. The zero-order valence-electron chi connectivity index (χ0n) is 11.5. The Balaban J connectivity index is 2.31. The molecule has 0 heterocycles. The number of amides is 1. The molecular weight excluding hydrogens is 226 g/mol. The number of rotatable bonds is 7. The summed E-state index contributed by atoms with van der Waals surface area (Å²) in [6.07, 6.45) is 2.40. The quantitative estimate of drug-likeness (QED) is 0.806. The lowest BCUT2D eigenvalue weighted by atomic mass is 10.0. The van der Waals surface area contributed by atoms with Crippen LogP contribution in [0.1, 0.15) is 30.9 Å². The normalized spacial score (nSPS) is 12.2. The summed E-state index contributed by atoms with van der Waals surface area (Å²) in [5, 5.41) is 2.99. The highest BCUT2D eigenvalue weighted by atomic mass is 16.5. The third kappa shape index (κ3) is 5.32. The van der Waals surface area contributed by atoms with Crippen LogP contribution < -0.4 is 5.32 Å². The number of hydrogen-bond donors (Lipinski definition) is 1. The van der Waals surface area contributed by atoms with Crippen LogP contribution in [-0.2, 0) is 16.0 Å². The van der Waals surface area contributed by atoms with E-state index in [1.807, 2.05) is 6.92 Å². The second-order valence-corrected chi connectivity index (χ2v) is 4.68. The van der Waals surface area contributed by atoms with Crippen LogP contribution in [0.2, 0.25) is 0 Å². The van der Waals surface area contributed by atoms with Crippen molar-refractivity contribution in [1.82, 2.24) is 5.32 Å². The van der Waals surface area contributed by atoms with Gasteiger partial charge in [0, 0.05) is 19.6 Å². The minimum Gasteiger partial charge on any atom is -0.384 e. The molecule has 1 amide bonds. The fourth-order valence-corrected chi connectivity index (χ4v) is 1.88. The predicted molar refractivity (Wildman–Crippen MR) is 73.6 cm³/mol. The van der Waals surface area contributed by atoms with E-state index in [0.29, 0.717) is 13.0 Å². The van der Waals surface area contributed by atoms with Gasteiger partial charge in [-0.15, -0.1) is 0 Å². The van der Waals surface area contributed by atoms with E-state index in [-0.39, 0.29) is 11.9 Å². The highest BCUT2D eigenvalue weighted by molar-refractivity contribution is 5.76. The molecule has 3 heteroatoms. The maximum absolute atomic E-state index is 11.5. The molecular formula is C15H23NO2. The van der Waals surface area contributed by atoms with E-state index >= 15 is 0 Å². The molecule has 0 aromatic heterocycles. The minimum absolute atomic E-state index is 0.0640. The SMILES string of the molecule is COCCC(=O)N[C@H](C)CCc1ccccc1C. The highest BCUT2D eigenvalue weighted by Gasteiger charge is 2.07. The molecule has 1 aromatic rings. The molecule has 0 aliphatic carbocycles. The Morgan fingerprint density at radius 3 is 2.78 bits per heavy atom. The zero-order chi connectivity index (χ0) is 13.4. The van der Waals surface area contributed by atoms with Gasteiger partial charge in [0.1, 0.15) is 0 Å². The Labute approximate surface area is 110 Å². The van der Waals surface area contributed by atoms with E-state index in [1.165, 1.54) is 11.1 Å². The molecule has 0 saturated carbocycles. The summed E-state index contributed by atoms with van der Waals surface area (Å²) < 4.78 is 4.88. The Kier molecular flexibility index (Phi) is 6.44. The molecule has 1 atom stereocenters. The number of benzene rings is 1. The fraction of sp³-hybridized carbons (Fsp3) is 0.533. The first-order chi connectivity index (χ1) is 8.63. The molecule has 0 radical (unpaired) electrons. The van der Waals surface area contributed by atoms with Gasteiger partial charge in [-0.3, -0.25) is 4.79 Å². The Morgan fingerprint density at radius 1 is 1.39 bits per heavy atom. The summed E-state index contributed by atoms with van der Waals surface area (Å²) in [6.45, 7) is 4.65. The molecule has 1 rings (SSSR count). The smallest absolute Gasteiger partial charge is 0.222 e. The maximum atomic E-state index is 11.5. The molecule has 0 fully saturated rings. The first kappa shape index (κ1) is 14.7. The standard InChI is InChI=1S/C15H23NO2/c1-12-6-4-5-7-14(12)9-8-13(2)16-15(17)10-11-18-3/h4-7,13H,8-11H2,1-3H3,(H,16,17)/t13-/m1/s1. The second kappa shape index (κ2) is 7.88. The van der Waals surface area contributed by atoms with Crippen LogP contribution in [0, 0.1) is 6.92 Å². The molecule has 0 aliphatic rings. The summed E-state index contributed by atoms with van der Waals surface area (Å²) in [4.78, 5) is 11.5. The van der Waals surface area contributed by atoms with Gasteiger partial charge in [0.05, 0.1) is 6.61 Å². The number of carbonyl (C=O) groups excluding carboxylic acids is 1. The second-order valence-electron chi connectivity index (χ2n) is 4.68. The average Bonchev–Trinajstić information content (AvgIpc) is 2.35. The van der Waals surface area contributed by atoms with Crippen molar-refractivity contribution in [2.24, 2.45) is 0 Å². The van der Waals surface area contributed by atoms with E-state index in [9.17, 15) is 4.79 Å². The van der Waals surface area contributed by atoms with Gasteiger partial charge in [-0.1, -0.05) is 24.3 Å². The van der Waals surface area contributed by atoms with Crippen molar-refractivity contribution in [3.63, 3.8) is 0 Å². The van der Waals surface area contributed by atoms with E-state index < -0.39 is 0 Å². The van der Waals surface area contributed by atoms with Crippen molar-refractivity contribution in [1.29, 1.82) is 0 Å². The largest absolute Gasteiger partial charge is 0.384 e. The van der Waals surface area contributed by atoms with E-state index in [4.69, 9.17) is 4.74 Å². The lowest BCUT2D eigenvalue weighted by Gasteiger charge is -2.14. The van der Waals surface area contributed by atoms with E-state index in [1.54, 1.807) is 7.11 Å². The van der Waals surface area contributed by atoms with Gasteiger partial charge in [0.2, 0.25) is 5.91 Å². The van der Waals surface area contributed by atoms with Crippen molar-refractivity contribution in [2.75, 3.05) is 13.7 Å². The number of aryl methyl sites for hydroxylation is 2. The highest BCUT2D eigenvalue weighted by Crippen LogP contribution is 2.10. The first-order valence-electron chi connectivity index (χ1n) is 6.46. The number of hydrogen-bond acceptors (Lipinski definition) is 2. The van der Waals surface area contributed by atoms with E-state index in [0.717, 1.165) is 12.8 Å². The zero-order valence-corrected chi connectivity index (χ0v) is 11.5. The molecule has 0 bridgehead atoms. The molecule has 1 aromatic carbocycles. The average molecular weight is 249 g/mol. The number of carbonyl (C=O) groups is 1. The minimum atomic E-state index is 0.0640. The maximum Gasteiger partial charge on any atom is 0.222 e. The Hall–Kier alpha value is -1.35. The monoisotopic (exact) mass is 249 g/mol. The third-order valence-electron chi connectivity index (χ3n) is 3.05. The number of methoxy groups -OCH3 is 1. The molecule has 1 N–H and O–H groups in total. The third-order valence-corrected chi connectivity index (χ3v) is 3.05. The lowest BCUT2D eigenvalue weighted by molar-refractivity contribution is -0.122. The molecule has 3 nitrogen and oxygen atoms in total. The van der Waals surface area contributed by atoms with Crippen molar-refractivity contribution >= 4 is 5.91 Å². The van der Waals surface area contributed by atoms with Gasteiger partial charge in [-0.2, -0.15) is 0 Å². The van der Waals surface area contributed by atoms with Crippen molar-refractivity contribution in [2.45, 2.75) is 39.2 Å². The van der Waals surface area contributed by atoms with Crippen LogP contribution >= 0.6 is 0 Å². The van der Waals surface area contributed by atoms with Gasteiger partial charge < -0.3 is 10.1 Å². The predicted octanol–water partition coefficient (Wildman–Crippen LogP) is 2.47. The molecule has 100 valence electrons. The van der Waals surface area contributed by atoms with Crippen LogP contribution in [-0.4, -0.2) is 25.7 Å². The number of nitrogens with one attached hydrogen (secondary N) is 1. The summed E-state index contributed by atoms with van der Waals surface area (Å²) >= 11 is 0. The van der Waals surface area contributed by atoms with Crippen LogP contribution in [0.15, 0.2) is 24.3 Å². The van der Waals surface area contributed by atoms with Crippen LogP contribution in [0.5, 0.6) is 0 Å². The topological polar surface area (TPSA) is 38.3 Å². The Morgan fingerprint density at radius 2 is 2.11 bits per heavy atom. The molecule has 18 heavy (non-hydrogen) atoms. The van der Waals surface area contributed by atoms with Crippen molar-refractivity contribution in [3.8, 4) is 0 Å². The molecule has 0 aliphatic heterocycles. The van der Waals surface area contributed by atoms with Gasteiger partial charge >= 0.3 is 0 Å². The molecule has 0 saturated heterocycles. The summed E-state index contributed by atoms with van der Waals surface area (Å²) in [5.74, 6) is 0.0640. The number of ether oxygens (including phenoxy) is 1. The van der Waals surface area contributed by atoms with Gasteiger partial charge in [0.15, 0.2) is 0 Å².